The van der Waals surface area contributed by atoms with Gasteiger partial charge in [-0.1, -0.05) is 38.6 Å². The van der Waals surface area contributed by atoms with Crippen LogP contribution >= 0.6 is 11.8 Å². The van der Waals surface area contributed by atoms with Crippen LogP contribution in [0.5, 0.6) is 0 Å². The molecule has 0 bridgehead atoms. The Balaban J connectivity index is 1.58. The van der Waals surface area contributed by atoms with Crippen molar-refractivity contribution in [1.82, 2.24) is 0 Å². The number of rotatable bonds is 5. The molecule has 1 N–H and O–H groups in total. The summed E-state index contributed by atoms with van der Waals surface area (Å²) in [6.07, 6.45) is 0.177. The predicted octanol–water partition coefficient (Wildman–Crippen LogP) is 4.56. The minimum Gasteiger partial charge on any atom is -0.449 e. The number of hydrogen-bond acceptors (Lipinski definition) is 9. The summed E-state index contributed by atoms with van der Waals surface area (Å²) in [6.45, 7) is 8.10. The molecule has 0 aromatic carbocycles. The Morgan fingerprint density at radius 3 is 2.52 bits per heavy atom. The first-order valence-electron chi connectivity index (χ1n) is 13.6. The smallest absolute Gasteiger partial charge is 0.449 e. The standard InChI is InChI=1S/C29H34F2O8S/c1-6-23(34)39-29(24(35)40-13-21-15(3)37-25(36)38-21)14(2)9-17-18-11-20(30)19-10-16(32)7-8-26(19,4)28(18,31)22(33)12-27(17,29)5/h7-8,10,14,17-18,20,22,33H,6,9,11-13H2,1-5H3/t14-,17+,18+,20+,22+,26+,27+,28+,29+/m1/s1. The zero-order valence-electron chi connectivity index (χ0n) is 23.1. The van der Waals surface area contributed by atoms with Gasteiger partial charge in [-0.05, 0) is 56.8 Å². The van der Waals surface area contributed by atoms with E-state index in [0.29, 0.717) is 0 Å². The molecule has 9 atom stereocenters. The molecule has 0 radical (unpaired) electrons. The van der Waals surface area contributed by atoms with Gasteiger partial charge in [0.1, 0.15) is 11.9 Å². The average Bonchev–Trinajstić information content (AvgIpc) is 3.33. The summed E-state index contributed by atoms with van der Waals surface area (Å²) in [4.78, 5) is 50.5. The second kappa shape index (κ2) is 9.51. The topological polar surface area (TPSA) is 124 Å². The van der Waals surface area contributed by atoms with E-state index in [1.165, 1.54) is 26.0 Å². The summed E-state index contributed by atoms with van der Waals surface area (Å²) >= 11 is 0.796. The van der Waals surface area contributed by atoms with E-state index in [0.717, 1.165) is 17.8 Å². The summed E-state index contributed by atoms with van der Waals surface area (Å²) in [5.41, 5.74) is -6.86. The fourth-order valence-corrected chi connectivity index (χ4v) is 9.43. The number of aliphatic hydroxyl groups is 1. The summed E-state index contributed by atoms with van der Waals surface area (Å²) in [7, 11) is 0. The van der Waals surface area contributed by atoms with Crippen LogP contribution in [-0.2, 0) is 24.9 Å². The Labute approximate surface area is 234 Å². The molecule has 0 saturated heterocycles. The molecular formula is C29H34F2O8S. The number of ketones is 1. The third kappa shape index (κ3) is 3.72. The molecule has 1 heterocycles. The molecule has 1 aromatic rings. The average molecular weight is 581 g/mol. The van der Waals surface area contributed by atoms with Crippen LogP contribution < -0.4 is 5.82 Å². The molecule has 0 amide bonds. The van der Waals surface area contributed by atoms with Crippen molar-refractivity contribution in [2.45, 2.75) is 89.6 Å². The first-order chi connectivity index (χ1) is 18.7. The number of aryl methyl sites for hydroxylation is 1. The molecule has 1 aromatic heterocycles. The number of fused-ring (bicyclic) bond motifs is 5. The Kier molecular flexibility index (Phi) is 6.89. The molecule has 0 spiro atoms. The maximum Gasteiger partial charge on any atom is 0.519 e. The first kappa shape index (κ1) is 29.0. The largest absolute Gasteiger partial charge is 0.519 e. The second-order valence-electron chi connectivity index (χ2n) is 12.1. The van der Waals surface area contributed by atoms with Gasteiger partial charge in [-0.25, -0.2) is 13.6 Å². The van der Waals surface area contributed by atoms with Crippen molar-refractivity contribution in [2.24, 2.45) is 28.6 Å². The highest BCUT2D eigenvalue weighted by atomic mass is 32.2. The van der Waals surface area contributed by atoms with Crippen LogP contribution in [0.1, 0.15) is 64.9 Å². The van der Waals surface area contributed by atoms with E-state index in [9.17, 15) is 24.3 Å². The molecular weight excluding hydrogens is 546 g/mol. The molecule has 218 valence electrons. The number of thioether (sulfide) groups is 1. The third-order valence-corrected chi connectivity index (χ3v) is 11.2. The van der Waals surface area contributed by atoms with Crippen molar-refractivity contribution in [2.75, 3.05) is 0 Å². The van der Waals surface area contributed by atoms with E-state index in [2.05, 4.69) is 0 Å². The number of allylic oxidation sites excluding steroid dienone is 4. The lowest BCUT2D eigenvalue weighted by atomic mass is 9.44. The van der Waals surface area contributed by atoms with Crippen molar-refractivity contribution in [3.63, 3.8) is 0 Å². The highest BCUT2D eigenvalue weighted by Crippen LogP contribution is 2.72. The molecule has 0 unspecified atom stereocenters. The van der Waals surface area contributed by atoms with Gasteiger partial charge in [0.05, 0.1) is 11.9 Å². The number of hydrogen-bond donors (Lipinski definition) is 1. The normalized spacial score (nSPS) is 42.0. The molecule has 3 fully saturated rings. The van der Waals surface area contributed by atoms with Crippen LogP contribution in [0, 0.1) is 35.5 Å². The Morgan fingerprint density at radius 1 is 1.20 bits per heavy atom. The molecule has 0 aliphatic heterocycles. The minimum atomic E-state index is -2.32. The molecule has 5 rings (SSSR count). The Morgan fingerprint density at radius 2 is 1.90 bits per heavy atom. The predicted molar refractivity (Wildman–Crippen MR) is 141 cm³/mol. The van der Waals surface area contributed by atoms with E-state index in [-0.39, 0.29) is 48.5 Å². The van der Waals surface area contributed by atoms with Crippen molar-refractivity contribution in [3.05, 3.63) is 45.9 Å². The van der Waals surface area contributed by atoms with Gasteiger partial charge in [0.2, 0.25) is 5.12 Å². The van der Waals surface area contributed by atoms with Crippen LogP contribution in [0.3, 0.4) is 0 Å². The van der Waals surface area contributed by atoms with Gasteiger partial charge in [-0.15, -0.1) is 0 Å². The molecule has 11 heteroatoms. The molecule has 4 aliphatic carbocycles. The van der Waals surface area contributed by atoms with Crippen molar-refractivity contribution in [1.29, 1.82) is 0 Å². The van der Waals surface area contributed by atoms with Gasteiger partial charge in [-0.3, -0.25) is 14.4 Å². The lowest BCUT2D eigenvalue weighted by Gasteiger charge is -2.63. The molecule has 4 aliphatic rings. The number of esters is 1. The Bertz CT molecular complexity index is 1380. The number of alkyl halides is 2. The van der Waals surface area contributed by atoms with Gasteiger partial charge in [-0.2, -0.15) is 0 Å². The maximum atomic E-state index is 17.5. The fraction of sp³-hybridized carbons (Fsp3) is 0.655. The van der Waals surface area contributed by atoms with Crippen LogP contribution in [0.25, 0.3) is 0 Å². The van der Waals surface area contributed by atoms with Crippen molar-refractivity contribution >= 4 is 28.6 Å². The number of carbonyl (C=O) groups excluding carboxylic acids is 3. The van der Waals surface area contributed by atoms with Crippen LogP contribution in [0.2, 0.25) is 0 Å². The lowest BCUT2D eigenvalue weighted by Crippen LogP contribution is -2.70. The minimum absolute atomic E-state index is 0.0136. The third-order valence-electron chi connectivity index (χ3n) is 10.2. The summed E-state index contributed by atoms with van der Waals surface area (Å²) in [5.74, 6) is -3.87. The van der Waals surface area contributed by atoms with E-state index >= 15 is 8.78 Å². The summed E-state index contributed by atoms with van der Waals surface area (Å²) < 4.78 is 49.2. The monoisotopic (exact) mass is 580 g/mol. The Hall–Kier alpha value is -2.53. The zero-order valence-corrected chi connectivity index (χ0v) is 23.9. The van der Waals surface area contributed by atoms with Crippen molar-refractivity contribution in [3.8, 4) is 0 Å². The molecule has 3 saturated carbocycles. The number of carbonyl (C=O) groups is 3. The lowest BCUT2D eigenvalue weighted by molar-refractivity contribution is -0.228. The second-order valence-corrected chi connectivity index (χ2v) is 13.0. The van der Waals surface area contributed by atoms with E-state index in [1.54, 1.807) is 20.8 Å². The maximum absolute atomic E-state index is 17.5. The van der Waals surface area contributed by atoms with Crippen LogP contribution in [0.4, 0.5) is 8.78 Å². The molecule has 8 nitrogen and oxygen atoms in total. The highest BCUT2D eigenvalue weighted by Gasteiger charge is 2.78. The van der Waals surface area contributed by atoms with Crippen molar-refractivity contribution < 1.29 is 41.8 Å². The highest BCUT2D eigenvalue weighted by molar-refractivity contribution is 8.13. The SMILES string of the molecule is CCC(=O)O[C@]1(C(=O)SCc2oc(=O)oc2C)[C@H](C)C[C@H]2[C@@H]3C[C@H](F)C4=CC(=O)C=C[C@]4(C)[C@@]3(F)[C@@H](O)C[C@@]21C. The number of ether oxygens (including phenoxy) is 1. The number of halogens is 2. The van der Waals surface area contributed by atoms with Gasteiger partial charge in [0.15, 0.2) is 22.8 Å². The quantitative estimate of drug-likeness (QED) is 0.499. The van der Waals surface area contributed by atoms with Gasteiger partial charge in [0.25, 0.3) is 0 Å². The first-order valence-corrected chi connectivity index (χ1v) is 14.6. The van der Waals surface area contributed by atoms with Gasteiger partial charge in [0, 0.05) is 29.1 Å². The van der Waals surface area contributed by atoms with Crippen LogP contribution in [-0.4, -0.2) is 45.5 Å². The van der Waals surface area contributed by atoms with E-state index in [1.807, 2.05) is 0 Å². The van der Waals surface area contributed by atoms with E-state index in [4.69, 9.17) is 13.6 Å². The van der Waals surface area contributed by atoms with E-state index < -0.39 is 74.8 Å². The van der Waals surface area contributed by atoms with Gasteiger partial charge < -0.3 is 18.7 Å². The summed E-state index contributed by atoms with van der Waals surface area (Å²) in [5, 5.41) is 11.1. The molecule has 40 heavy (non-hydrogen) atoms. The zero-order chi connectivity index (χ0) is 29.4. The van der Waals surface area contributed by atoms with Crippen LogP contribution in [0.15, 0.2) is 37.4 Å². The summed E-state index contributed by atoms with van der Waals surface area (Å²) in [6, 6.07) is 0. The van der Waals surface area contributed by atoms with Gasteiger partial charge >= 0.3 is 11.8 Å². The fourth-order valence-electron chi connectivity index (χ4n) is 8.21. The number of aliphatic hydroxyl groups excluding tert-OH is 1.